The second-order valence-corrected chi connectivity index (χ2v) is 10.6. The third-order valence-corrected chi connectivity index (χ3v) is 8.11. The van der Waals surface area contributed by atoms with E-state index in [2.05, 4.69) is 9.71 Å². The van der Waals surface area contributed by atoms with Crippen molar-refractivity contribution >= 4 is 54.7 Å². The van der Waals surface area contributed by atoms with Crippen LogP contribution in [0.4, 0.5) is 11.4 Å². The van der Waals surface area contributed by atoms with E-state index in [4.69, 9.17) is 4.74 Å². The molecule has 11 heteroatoms. The number of fused-ring (bicyclic) bond motifs is 1. The number of nitrogens with zero attached hydrogens (tertiary/aromatic N) is 2. The number of hydrogen-bond donors (Lipinski definition) is 1. The number of aromatic nitrogens is 1. The van der Waals surface area contributed by atoms with Crippen molar-refractivity contribution in [1.29, 1.82) is 0 Å². The standard InChI is InChI=1S/C21H17N3O5S3/c1-29-19-10-8-16(24(25)26)11-14(19)13-30-21-22-18-9-7-15(12-20(18)31-21)23-32(27,28)17-5-3-2-4-6-17/h2-12,23H,13H2,1H3. The van der Waals surface area contributed by atoms with Gasteiger partial charge in [0.05, 0.1) is 32.8 Å². The zero-order chi connectivity index (χ0) is 22.7. The van der Waals surface area contributed by atoms with Crippen LogP contribution in [0.2, 0.25) is 0 Å². The Kier molecular flexibility index (Phi) is 6.31. The Morgan fingerprint density at radius 1 is 1.12 bits per heavy atom. The number of sulfonamides is 1. The summed E-state index contributed by atoms with van der Waals surface area (Å²) in [5.74, 6) is 1.01. The number of thioether (sulfide) groups is 1. The van der Waals surface area contributed by atoms with Crippen LogP contribution in [-0.2, 0) is 15.8 Å². The average molecular weight is 488 g/mol. The highest BCUT2D eigenvalue weighted by Gasteiger charge is 2.16. The smallest absolute Gasteiger partial charge is 0.270 e. The van der Waals surface area contributed by atoms with E-state index in [-0.39, 0.29) is 10.6 Å². The molecule has 164 valence electrons. The first-order valence-corrected chi connectivity index (χ1v) is 12.6. The predicted octanol–water partition coefficient (Wildman–Crippen LogP) is 5.31. The van der Waals surface area contributed by atoms with Crippen LogP contribution in [0.25, 0.3) is 10.2 Å². The molecule has 0 unspecified atom stereocenters. The van der Waals surface area contributed by atoms with E-state index in [1.165, 1.54) is 54.5 Å². The second-order valence-electron chi connectivity index (χ2n) is 6.62. The lowest BCUT2D eigenvalue weighted by Gasteiger charge is -2.07. The number of ether oxygens (including phenoxy) is 1. The molecule has 0 aliphatic heterocycles. The van der Waals surface area contributed by atoms with E-state index in [0.717, 1.165) is 14.6 Å². The van der Waals surface area contributed by atoms with Gasteiger partial charge in [-0.3, -0.25) is 14.8 Å². The lowest BCUT2D eigenvalue weighted by Crippen LogP contribution is -2.12. The first kappa shape index (κ1) is 22.1. The van der Waals surface area contributed by atoms with Gasteiger partial charge in [0.1, 0.15) is 5.75 Å². The third-order valence-electron chi connectivity index (χ3n) is 4.50. The van der Waals surface area contributed by atoms with Crippen molar-refractivity contribution in [3.05, 3.63) is 82.4 Å². The van der Waals surface area contributed by atoms with Gasteiger partial charge in [0.2, 0.25) is 0 Å². The van der Waals surface area contributed by atoms with Crippen molar-refractivity contribution in [2.75, 3.05) is 11.8 Å². The summed E-state index contributed by atoms with van der Waals surface area (Å²) in [7, 11) is -2.16. The maximum absolute atomic E-state index is 12.6. The van der Waals surface area contributed by atoms with Crippen LogP contribution >= 0.6 is 23.1 Å². The molecule has 3 aromatic carbocycles. The molecule has 4 aromatic rings. The molecule has 0 saturated carbocycles. The Labute approximate surface area is 192 Å². The normalized spacial score (nSPS) is 11.4. The van der Waals surface area contributed by atoms with Gasteiger partial charge in [-0.05, 0) is 36.4 Å². The molecule has 0 spiro atoms. The van der Waals surface area contributed by atoms with Crippen LogP contribution in [0.3, 0.4) is 0 Å². The summed E-state index contributed by atoms with van der Waals surface area (Å²) in [6.45, 7) is 0. The molecule has 0 atom stereocenters. The van der Waals surface area contributed by atoms with Crippen molar-refractivity contribution < 1.29 is 18.1 Å². The van der Waals surface area contributed by atoms with Crippen LogP contribution in [0.1, 0.15) is 5.56 Å². The minimum absolute atomic E-state index is 0.000964. The van der Waals surface area contributed by atoms with Crippen LogP contribution in [0.15, 0.2) is 76.0 Å². The minimum Gasteiger partial charge on any atom is -0.496 e. The molecule has 32 heavy (non-hydrogen) atoms. The fourth-order valence-corrected chi connectivity index (χ4v) is 6.13. The maximum Gasteiger partial charge on any atom is 0.270 e. The molecule has 1 aromatic heterocycles. The number of rotatable bonds is 8. The molecule has 0 saturated heterocycles. The SMILES string of the molecule is COc1ccc([N+](=O)[O-])cc1CSc1nc2ccc(NS(=O)(=O)c3ccccc3)cc2s1. The van der Waals surface area contributed by atoms with Crippen LogP contribution in [0, 0.1) is 10.1 Å². The summed E-state index contributed by atoms with van der Waals surface area (Å²) < 4.78 is 34.6. The second kappa shape index (κ2) is 9.15. The van der Waals surface area contributed by atoms with Crippen molar-refractivity contribution in [2.24, 2.45) is 0 Å². The summed E-state index contributed by atoms with van der Waals surface area (Å²) in [5.41, 5.74) is 1.89. The van der Waals surface area contributed by atoms with E-state index >= 15 is 0 Å². The van der Waals surface area contributed by atoms with E-state index in [0.29, 0.717) is 22.8 Å². The Hall–Kier alpha value is -3.15. The quantitative estimate of drug-likeness (QED) is 0.204. The van der Waals surface area contributed by atoms with Gasteiger partial charge in [-0.2, -0.15) is 0 Å². The Morgan fingerprint density at radius 2 is 1.91 bits per heavy atom. The van der Waals surface area contributed by atoms with Crippen molar-refractivity contribution in [3.63, 3.8) is 0 Å². The van der Waals surface area contributed by atoms with E-state index < -0.39 is 14.9 Å². The highest BCUT2D eigenvalue weighted by molar-refractivity contribution is 8.00. The van der Waals surface area contributed by atoms with Gasteiger partial charge >= 0.3 is 0 Å². The summed E-state index contributed by atoms with van der Waals surface area (Å²) >= 11 is 2.85. The van der Waals surface area contributed by atoms with Gasteiger partial charge in [-0.15, -0.1) is 11.3 Å². The summed E-state index contributed by atoms with van der Waals surface area (Å²) in [6.07, 6.45) is 0. The molecule has 0 aliphatic rings. The number of non-ortho nitro benzene ring substituents is 1. The highest BCUT2D eigenvalue weighted by Crippen LogP contribution is 2.35. The molecule has 4 rings (SSSR count). The average Bonchev–Trinajstić information content (AvgIpc) is 3.20. The summed E-state index contributed by atoms with van der Waals surface area (Å²) in [4.78, 5) is 15.4. The number of nitrogens with one attached hydrogen (secondary N) is 1. The number of nitro groups is 1. The topological polar surface area (TPSA) is 111 Å². The van der Waals surface area contributed by atoms with Gasteiger partial charge < -0.3 is 4.74 Å². The molecule has 0 fully saturated rings. The van der Waals surface area contributed by atoms with Crippen LogP contribution in [-0.4, -0.2) is 25.4 Å². The largest absolute Gasteiger partial charge is 0.496 e. The molecule has 0 bridgehead atoms. The molecular weight excluding hydrogens is 470 g/mol. The number of nitro benzene ring substituents is 1. The molecule has 8 nitrogen and oxygen atoms in total. The molecular formula is C21H17N3O5S3. The Bertz CT molecular complexity index is 1390. The highest BCUT2D eigenvalue weighted by atomic mass is 32.2. The number of methoxy groups -OCH3 is 1. The van der Waals surface area contributed by atoms with Crippen LogP contribution in [0.5, 0.6) is 5.75 Å². The van der Waals surface area contributed by atoms with E-state index in [1.807, 2.05) is 0 Å². The Morgan fingerprint density at radius 3 is 2.62 bits per heavy atom. The zero-order valence-electron chi connectivity index (χ0n) is 16.7. The van der Waals surface area contributed by atoms with Gasteiger partial charge in [0.25, 0.3) is 15.7 Å². The van der Waals surface area contributed by atoms with Crippen molar-refractivity contribution in [1.82, 2.24) is 4.98 Å². The molecule has 0 amide bonds. The summed E-state index contributed by atoms with van der Waals surface area (Å²) in [5, 5.41) is 11.1. The van der Waals surface area contributed by atoms with Crippen LogP contribution < -0.4 is 9.46 Å². The summed E-state index contributed by atoms with van der Waals surface area (Å²) in [6, 6.07) is 17.8. The minimum atomic E-state index is -3.68. The lowest BCUT2D eigenvalue weighted by atomic mass is 10.2. The van der Waals surface area contributed by atoms with Gasteiger partial charge in [0.15, 0.2) is 4.34 Å². The van der Waals surface area contributed by atoms with Crippen molar-refractivity contribution in [2.45, 2.75) is 15.0 Å². The monoisotopic (exact) mass is 487 g/mol. The van der Waals surface area contributed by atoms with Gasteiger partial charge in [-0.25, -0.2) is 13.4 Å². The first-order chi connectivity index (χ1) is 15.4. The molecule has 0 radical (unpaired) electrons. The molecule has 1 heterocycles. The lowest BCUT2D eigenvalue weighted by molar-refractivity contribution is -0.384. The first-order valence-electron chi connectivity index (χ1n) is 9.28. The van der Waals surface area contributed by atoms with Gasteiger partial charge in [-0.1, -0.05) is 30.0 Å². The predicted molar refractivity (Wildman–Crippen MR) is 126 cm³/mol. The van der Waals surface area contributed by atoms with E-state index in [9.17, 15) is 18.5 Å². The zero-order valence-corrected chi connectivity index (χ0v) is 19.2. The molecule has 0 aliphatic carbocycles. The number of thiazole rings is 1. The Balaban J connectivity index is 1.53. The maximum atomic E-state index is 12.6. The fraction of sp³-hybridized carbons (Fsp3) is 0.0952. The number of anilines is 1. The van der Waals surface area contributed by atoms with E-state index in [1.54, 1.807) is 42.5 Å². The number of hydrogen-bond acceptors (Lipinski definition) is 8. The third kappa shape index (κ3) is 4.85. The van der Waals surface area contributed by atoms with Crippen molar-refractivity contribution in [3.8, 4) is 5.75 Å². The fourth-order valence-electron chi connectivity index (χ4n) is 2.97. The van der Waals surface area contributed by atoms with Gasteiger partial charge in [0, 0.05) is 23.4 Å². The number of benzene rings is 3. The molecule has 1 N–H and O–H groups in total.